The summed E-state index contributed by atoms with van der Waals surface area (Å²) in [6.07, 6.45) is 0.820. The smallest absolute Gasteiger partial charge is 0.374 e. The first kappa shape index (κ1) is 14.8. The van der Waals surface area contributed by atoms with Crippen LogP contribution in [0.5, 0.6) is 0 Å². The molecule has 2 aromatic rings. The number of carbonyl (C=O) groups is 2. The van der Waals surface area contributed by atoms with Crippen LogP contribution in [0.25, 0.3) is 0 Å². The van der Waals surface area contributed by atoms with Crippen LogP contribution in [0.2, 0.25) is 0 Å². The van der Waals surface area contributed by atoms with Crippen LogP contribution in [-0.2, 0) is 22.5 Å². The maximum Gasteiger partial charge on any atom is 0.374 e. The molecule has 1 amide bonds. The molecule has 2 heterocycles. The van der Waals surface area contributed by atoms with Crippen LogP contribution in [0.3, 0.4) is 0 Å². The van der Waals surface area contributed by atoms with Crippen LogP contribution < -0.4 is 0 Å². The molecule has 1 aromatic carbocycles. The van der Waals surface area contributed by atoms with Gasteiger partial charge in [-0.3, -0.25) is 4.79 Å². The molecule has 1 aromatic heterocycles. The van der Waals surface area contributed by atoms with Crippen molar-refractivity contribution in [2.75, 3.05) is 13.2 Å². The Kier molecular flexibility index (Phi) is 4.29. The average molecular weight is 364 g/mol. The van der Waals surface area contributed by atoms with Gasteiger partial charge in [0.05, 0.1) is 0 Å². The summed E-state index contributed by atoms with van der Waals surface area (Å²) >= 11 is 3.11. The first-order valence-corrected chi connectivity index (χ1v) is 7.70. The minimum atomic E-state index is -0.642. The normalized spacial score (nSPS) is 13.6. The van der Waals surface area contributed by atoms with Crippen LogP contribution in [0.1, 0.15) is 21.7 Å². The van der Waals surface area contributed by atoms with E-state index in [-0.39, 0.29) is 18.3 Å². The van der Waals surface area contributed by atoms with E-state index < -0.39 is 5.97 Å². The fourth-order valence-corrected chi connectivity index (χ4v) is 2.73. The van der Waals surface area contributed by atoms with Gasteiger partial charge in [-0.05, 0) is 45.6 Å². The summed E-state index contributed by atoms with van der Waals surface area (Å²) in [5, 5.41) is 0. The lowest BCUT2D eigenvalue weighted by Crippen LogP contribution is -2.38. The van der Waals surface area contributed by atoms with E-state index in [2.05, 4.69) is 22.0 Å². The zero-order valence-corrected chi connectivity index (χ0v) is 13.3. The minimum Gasteiger partial charge on any atom is -0.450 e. The highest BCUT2D eigenvalue weighted by atomic mass is 79.9. The Balaban J connectivity index is 1.56. The average Bonchev–Trinajstić information content (AvgIpc) is 2.98. The summed E-state index contributed by atoms with van der Waals surface area (Å²) in [7, 11) is 0. The molecule has 0 saturated carbocycles. The second kappa shape index (κ2) is 6.36. The quantitative estimate of drug-likeness (QED) is 0.786. The van der Waals surface area contributed by atoms with Crippen molar-refractivity contribution in [3.8, 4) is 0 Å². The van der Waals surface area contributed by atoms with Gasteiger partial charge in [-0.1, -0.05) is 24.3 Å². The van der Waals surface area contributed by atoms with E-state index in [1.807, 2.05) is 18.2 Å². The van der Waals surface area contributed by atoms with Gasteiger partial charge < -0.3 is 14.1 Å². The number of esters is 1. The molecule has 5 nitrogen and oxygen atoms in total. The minimum absolute atomic E-state index is 0.0728. The molecule has 3 rings (SSSR count). The predicted octanol–water partition coefficient (Wildman–Crippen LogP) is 2.78. The van der Waals surface area contributed by atoms with Crippen molar-refractivity contribution in [3.05, 3.63) is 58.0 Å². The summed E-state index contributed by atoms with van der Waals surface area (Å²) in [6.45, 7) is 0.915. The van der Waals surface area contributed by atoms with Gasteiger partial charge >= 0.3 is 5.97 Å². The van der Waals surface area contributed by atoms with E-state index in [0.717, 1.165) is 12.0 Å². The molecule has 22 heavy (non-hydrogen) atoms. The van der Waals surface area contributed by atoms with Gasteiger partial charge in [-0.25, -0.2) is 4.79 Å². The topological polar surface area (TPSA) is 59.8 Å². The molecule has 0 saturated heterocycles. The van der Waals surface area contributed by atoms with E-state index >= 15 is 0 Å². The van der Waals surface area contributed by atoms with Gasteiger partial charge in [0, 0.05) is 13.1 Å². The summed E-state index contributed by atoms with van der Waals surface area (Å²) in [6, 6.07) is 11.1. The lowest BCUT2D eigenvalue weighted by molar-refractivity contribution is -0.135. The lowest BCUT2D eigenvalue weighted by atomic mass is 10.00. The molecular formula is C16H14BrNO4. The van der Waals surface area contributed by atoms with Gasteiger partial charge in [-0.15, -0.1) is 0 Å². The van der Waals surface area contributed by atoms with E-state index in [0.29, 0.717) is 17.8 Å². The summed E-state index contributed by atoms with van der Waals surface area (Å²) in [4.78, 5) is 25.6. The van der Waals surface area contributed by atoms with E-state index in [1.165, 1.54) is 11.6 Å². The van der Waals surface area contributed by atoms with Gasteiger partial charge in [0.15, 0.2) is 11.3 Å². The number of carbonyl (C=O) groups excluding carboxylic acids is 2. The molecule has 1 aliphatic heterocycles. The van der Waals surface area contributed by atoms with E-state index in [4.69, 9.17) is 9.15 Å². The first-order valence-electron chi connectivity index (χ1n) is 6.90. The molecule has 1 aliphatic rings. The third-order valence-corrected chi connectivity index (χ3v) is 4.01. The zero-order chi connectivity index (χ0) is 15.5. The molecule has 0 bridgehead atoms. The number of hydrogen-bond donors (Lipinski definition) is 0. The molecule has 0 N–H and O–H groups in total. The number of rotatable bonds is 3. The van der Waals surface area contributed by atoms with Gasteiger partial charge in [0.2, 0.25) is 5.76 Å². The highest BCUT2D eigenvalue weighted by Gasteiger charge is 2.22. The Labute approximate surface area is 136 Å². The first-order chi connectivity index (χ1) is 10.6. The Morgan fingerprint density at radius 2 is 1.95 bits per heavy atom. The predicted molar refractivity (Wildman–Crippen MR) is 82.3 cm³/mol. The highest BCUT2D eigenvalue weighted by molar-refractivity contribution is 9.10. The molecule has 0 fully saturated rings. The fraction of sp³-hybridized carbons (Fsp3) is 0.250. The SMILES string of the molecule is O=C(OCC(=O)N1CCc2ccccc2C1)c1ccc(Br)o1. The molecule has 0 spiro atoms. The number of ether oxygens (including phenoxy) is 1. The fourth-order valence-electron chi connectivity index (χ4n) is 2.42. The Morgan fingerprint density at radius 3 is 2.68 bits per heavy atom. The Morgan fingerprint density at radius 1 is 1.18 bits per heavy atom. The molecule has 0 radical (unpaired) electrons. The molecule has 0 atom stereocenters. The molecule has 6 heteroatoms. The molecular weight excluding hydrogens is 350 g/mol. The van der Waals surface area contributed by atoms with Gasteiger partial charge in [-0.2, -0.15) is 0 Å². The summed E-state index contributed by atoms with van der Waals surface area (Å²) in [5.74, 6) is -0.770. The van der Waals surface area contributed by atoms with Crippen molar-refractivity contribution in [1.29, 1.82) is 0 Å². The van der Waals surface area contributed by atoms with Gasteiger partial charge in [0.25, 0.3) is 5.91 Å². The number of benzene rings is 1. The van der Waals surface area contributed by atoms with E-state index in [9.17, 15) is 9.59 Å². The number of nitrogens with zero attached hydrogens (tertiary/aromatic N) is 1. The summed E-state index contributed by atoms with van der Waals surface area (Å²) in [5.41, 5.74) is 2.41. The molecule has 0 unspecified atom stereocenters. The second-order valence-electron chi connectivity index (χ2n) is 5.01. The van der Waals surface area contributed by atoms with Crippen molar-refractivity contribution in [2.24, 2.45) is 0 Å². The number of hydrogen-bond acceptors (Lipinski definition) is 4. The number of furan rings is 1. The standard InChI is InChI=1S/C16H14BrNO4/c17-14-6-5-13(22-14)16(20)21-10-15(19)18-8-7-11-3-1-2-4-12(11)9-18/h1-6H,7-10H2. The van der Waals surface area contributed by atoms with Crippen LogP contribution in [-0.4, -0.2) is 29.9 Å². The largest absolute Gasteiger partial charge is 0.450 e. The number of halogens is 1. The third-order valence-electron chi connectivity index (χ3n) is 3.58. The number of fused-ring (bicyclic) bond motifs is 1. The Bertz CT molecular complexity index is 710. The molecule has 114 valence electrons. The summed E-state index contributed by atoms with van der Waals surface area (Å²) < 4.78 is 10.5. The van der Waals surface area contributed by atoms with Crippen LogP contribution >= 0.6 is 15.9 Å². The van der Waals surface area contributed by atoms with Crippen molar-refractivity contribution in [3.63, 3.8) is 0 Å². The van der Waals surface area contributed by atoms with Crippen molar-refractivity contribution >= 4 is 27.8 Å². The maximum atomic E-state index is 12.2. The van der Waals surface area contributed by atoms with Crippen molar-refractivity contribution in [1.82, 2.24) is 4.90 Å². The highest BCUT2D eigenvalue weighted by Crippen LogP contribution is 2.19. The maximum absolute atomic E-state index is 12.2. The zero-order valence-electron chi connectivity index (χ0n) is 11.8. The van der Waals surface area contributed by atoms with Crippen molar-refractivity contribution in [2.45, 2.75) is 13.0 Å². The monoisotopic (exact) mass is 363 g/mol. The van der Waals surface area contributed by atoms with Gasteiger partial charge in [0.1, 0.15) is 0 Å². The van der Waals surface area contributed by atoms with Crippen LogP contribution in [0.4, 0.5) is 0 Å². The third kappa shape index (κ3) is 3.22. The second-order valence-corrected chi connectivity index (χ2v) is 5.80. The van der Waals surface area contributed by atoms with Crippen LogP contribution in [0.15, 0.2) is 45.5 Å². The Hall–Kier alpha value is -2.08. The van der Waals surface area contributed by atoms with Crippen LogP contribution in [0, 0.1) is 0 Å². The lowest BCUT2D eigenvalue weighted by Gasteiger charge is -2.28. The van der Waals surface area contributed by atoms with Crippen molar-refractivity contribution < 1.29 is 18.7 Å². The number of amides is 1. The van der Waals surface area contributed by atoms with E-state index in [1.54, 1.807) is 11.0 Å². The molecule has 0 aliphatic carbocycles.